The van der Waals surface area contributed by atoms with E-state index in [0.717, 1.165) is 30.2 Å². The van der Waals surface area contributed by atoms with Crippen LogP contribution in [0.2, 0.25) is 0 Å². The number of hydrogen-bond acceptors (Lipinski definition) is 4. The Labute approximate surface area is 198 Å². The van der Waals surface area contributed by atoms with Crippen LogP contribution in [0.5, 0.6) is 0 Å². The van der Waals surface area contributed by atoms with Crippen LogP contribution in [0.25, 0.3) is 0 Å². The van der Waals surface area contributed by atoms with Gasteiger partial charge in [0.05, 0.1) is 6.26 Å². The number of guanidine groups is 1. The van der Waals surface area contributed by atoms with Crippen LogP contribution in [0.3, 0.4) is 0 Å². The molecule has 1 unspecified atom stereocenters. The smallest absolute Gasteiger partial charge is 0.291 e. The number of nitrogens with zero attached hydrogens (tertiary/aromatic N) is 1. The molecule has 0 aliphatic heterocycles. The SMILES string of the molecule is CN=C(NCc1ccc(NC(=O)c2ccco2)cc1)NCC(C)Cc1cccs1.I. The standard InChI is InChI=1S/C22H26N4O2S.HI/c1-16(13-19-5-4-12-29-19)14-24-22(23-2)25-15-17-7-9-18(10-8-17)26-21(27)20-6-3-11-28-20;/h3-12,16H,13-15H2,1-2H3,(H,26,27)(H2,23,24,25);1H. The first-order valence-corrected chi connectivity index (χ1v) is 10.4. The summed E-state index contributed by atoms with van der Waals surface area (Å²) in [7, 11) is 1.77. The van der Waals surface area contributed by atoms with Gasteiger partial charge in [0.25, 0.3) is 5.91 Å². The maximum atomic E-state index is 12.0. The molecule has 2 heterocycles. The molecule has 0 radical (unpaired) electrons. The van der Waals surface area contributed by atoms with E-state index in [1.165, 1.54) is 11.1 Å². The highest BCUT2D eigenvalue weighted by Gasteiger charge is 2.09. The summed E-state index contributed by atoms with van der Waals surface area (Å²) in [5.74, 6) is 1.32. The molecule has 1 amide bonds. The van der Waals surface area contributed by atoms with Gasteiger partial charge in [-0.1, -0.05) is 25.1 Å². The number of amides is 1. The summed E-state index contributed by atoms with van der Waals surface area (Å²) in [5, 5.41) is 11.6. The van der Waals surface area contributed by atoms with Gasteiger partial charge in [0.2, 0.25) is 0 Å². The Morgan fingerprint density at radius 1 is 1.13 bits per heavy atom. The number of benzene rings is 1. The summed E-state index contributed by atoms with van der Waals surface area (Å²) < 4.78 is 5.10. The van der Waals surface area contributed by atoms with Crippen molar-refractivity contribution in [3.63, 3.8) is 0 Å². The maximum absolute atomic E-state index is 12.0. The van der Waals surface area contributed by atoms with Crippen LogP contribution in [0.1, 0.15) is 27.9 Å². The lowest BCUT2D eigenvalue weighted by atomic mass is 10.1. The molecule has 0 aliphatic carbocycles. The van der Waals surface area contributed by atoms with Crippen molar-refractivity contribution in [2.45, 2.75) is 19.9 Å². The fourth-order valence-corrected chi connectivity index (χ4v) is 3.70. The van der Waals surface area contributed by atoms with Crippen molar-refractivity contribution in [2.75, 3.05) is 18.9 Å². The molecule has 3 aromatic rings. The highest BCUT2D eigenvalue weighted by Crippen LogP contribution is 2.14. The second-order valence-electron chi connectivity index (χ2n) is 6.82. The van der Waals surface area contributed by atoms with E-state index in [1.807, 2.05) is 24.3 Å². The minimum absolute atomic E-state index is 0. The summed E-state index contributed by atoms with van der Waals surface area (Å²) in [6, 6.07) is 15.3. The zero-order chi connectivity index (χ0) is 20.5. The van der Waals surface area contributed by atoms with Crippen molar-refractivity contribution in [3.05, 3.63) is 76.4 Å². The molecule has 1 atom stereocenters. The van der Waals surface area contributed by atoms with Gasteiger partial charge in [0, 0.05) is 30.7 Å². The first-order chi connectivity index (χ1) is 14.1. The number of carbonyl (C=O) groups is 1. The number of halogens is 1. The third-order valence-corrected chi connectivity index (χ3v) is 5.29. The van der Waals surface area contributed by atoms with E-state index in [9.17, 15) is 4.79 Å². The van der Waals surface area contributed by atoms with E-state index in [-0.39, 0.29) is 29.9 Å². The maximum Gasteiger partial charge on any atom is 0.291 e. The second-order valence-corrected chi connectivity index (χ2v) is 7.86. The van der Waals surface area contributed by atoms with Crippen molar-refractivity contribution >= 4 is 52.9 Å². The molecule has 8 heteroatoms. The first kappa shape index (κ1) is 23.9. The van der Waals surface area contributed by atoms with E-state index in [4.69, 9.17) is 4.42 Å². The molecule has 0 aliphatic rings. The molecule has 0 bridgehead atoms. The van der Waals surface area contributed by atoms with Gasteiger partial charge in [-0.25, -0.2) is 0 Å². The molecule has 160 valence electrons. The zero-order valence-corrected chi connectivity index (χ0v) is 20.2. The molecule has 0 saturated carbocycles. The summed E-state index contributed by atoms with van der Waals surface area (Å²) in [4.78, 5) is 17.7. The summed E-state index contributed by atoms with van der Waals surface area (Å²) in [5.41, 5.74) is 1.82. The summed E-state index contributed by atoms with van der Waals surface area (Å²) in [6.07, 6.45) is 2.54. The van der Waals surface area contributed by atoms with Gasteiger partial charge >= 0.3 is 0 Å². The monoisotopic (exact) mass is 538 g/mol. The Balaban J connectivity index is 0.00000320. The number of hydrogen-bond donors (Lipinski definition) is 3. The van der Waals surface area contributed by atoms with Crippen LogP contribution in [-0.2, 0) is 13.0 Å². The molecule has 0 fully saturated rings. The Hall–Kier alpha value is -2.33. The van der Waals surface area contributed by atoms with E-state index in [1.54, 1.807) is 30.5 Å². The molecule has 0 saturated heterocycles. The van der Waals surface area contributed by atoms with Crippen molar-refractivity contribution < 1.29 is 9.21 Å². The van der Waals surface area contributed by atoms with E-state index >= 15 is 0 Å². The number of rotatable bonds is 8. The Morgan fingerprint density at radius 2 is 1.93 bits per heavy atom. The molecule has 0 spiro atoms. The van der Waals surface area contributed by atoms with Gasteiger partial charge in [-0.3, -0.25) is 9.79 Å². The number of nitrogens with one attached hydrogen (secondary N) is 3. The van der Waals surface area contributed by atoms with Crippen LogP contribution >= 0.6 is 35.3 Å². The third-order valence-electron chi connectivity index (χ3n) is 4.39. The van der Waals surface area contributed by atoms with Gasteiger partial charge in [-0.15, -0.1) is 35.3 Å². The lowest BCUT2D eigenvalue weighted by Crippen LogP contribution is -2.39. The molecule has 2 aromatic heterocycles. The number of thiophene rings is 1. The number of aliphatic imine (C=N–C) groups is 1. The molecular weight excluding hydrogens is 511 g/mol. The number of carbonyl (C=O) groups excluding carboxylic acids is 1. The average Bonchev–Trinajstić information content (AvgIpc) is 3.43. The zero-order valence-electron chi connectivity index (χ0n) is 17.1. The quantitative estimate of drug-likeness (QED) is 0.220. The summed E-state index contributed by atoms with van der Waals surface area (Å²) in [6.45, 7) is 3.73. The highest BCUT2D eigenvalue weighted by atomic mass is 127. The topological polar surface area (TPSA) is 78.7 Å². The fourth-order valence-electron chi connectivity index (χ4n) is 2.83. The van der Waals surface area contributed by atoms with Gasteiger partial charge < -0.3 is 20.4 Å². The Kier molecular flexibility index (Phi) is 9.88. The highest BCUT2D eigenvalue weighted by molar-refractivity contribution is 14.0. The van der Waals surface area contributed by atoms with Gasteiger partial charge in [-0.05, 0) is 53.6 Å². The summed E-state index contributed by atoms with van der Waals surface area (Å²) >= 11 is 1.80. The van der Waals surface area contributed by atoms with E-state index in [2.05, 4.69) is 45.4 Å². The average molecular weight is 538 g/mol. The Morgan fingerprint density at radius 3 is 2.57 bits per heavy atom. The van der Waals surface area contributed by atoms with Crippen LogP contribution in [0, 0.1) is 5.92 Å². The lowest BCUT2D eigenvalue weighted by molar-refractivity contribution is 0.0996. The first-order valence-electron chi connectivity index (χ1n) is 9.54. The second kappa shape index (κ2) is 12.4. The van der Waals surface area contributed by atoms with Crippen molar-refractivity contribution in [3.8, 4) is 0 Å². The molecule has 3 rings (SSSR count). The molecule has 1 aromatic carbocycles. The van der Waals surface area contributed by atoms with Gasteiger partial charge in [0.15, 0.2) is 11.7 Å². The van der Waals surface area contributed by atoms with E-state index < -0.39 is 0 Å². The van der Waals surface area contributed by atoms with Crippen molar-refractivity contribution in [1.29, 1.82) is 0 Å². The number of anilines is 1. The van der Waals surface area contributed by atoms with E-state index in [0.29, 0.717) is 18.2 Å². The largest absolute Gasteiger partial charge is 0.459 e. The molecule has 6 nitrogen and oxygen atoms in total. The van der Waals surface area contributed by atoms with Crippen LogP contribution in [0.15, 0.2) is 69.6 Å². The fraction of sp³-hybridized carbons (Fsp3) is 0.273. The van der Waals surface area contributed by atoms with Crippen molar-refractivity contribution in [2.24, 2.45) is 10.9 Å². The van der Waals surface area contributed by atoms with Crippen molar-refractivity contribution in [1.82, 2.24) is 10.6 Å². The Bertz CT molecular complexity index is 909. The number of furan rings is 1. The minimum atomic E-state index is -0.262. The normalized spacial score (nSPS) is 12.0. The van der Waals surface area contributed by atoms with Crippen LogP contribution in [-0.4, -0.2) is 25.5 Å². The predicted octanol–water partition coefficient (Wildman–Crippen LogP) is 4.76. The minimum Gasteiger partial charge on any atom is -0.459 e. The van der Waals surface area contributed by atoms with Crippen LogP contribution < -0.4 is 16.0 Å². The third kappa shape index (κ3) is 7.49. The lowest BCUT2D eigenvalue weighted by Gasteiger charge is -2.16. The van der Waals surface area contributed by atoms with Gasteiger partial charge in [0.1, 0.15) is 0 Å². The molecule has 3 N–H and O–H groups in total. The molecular formula is C22H27IN4O2S. The molecule has 30 heavy (non-hydrogen) atoms. The van der Waals surface area contributed by atoms with Crippen LogP contribution in [0.4, 0.5) is 5.69 Å². The predicted molar refractivity (Wildman–Crippen MR) is 134 cm³/mol. The van der Waals surface area contributed by atoms with Gasteiger partial charge in [-0.2, -0.15) is 0 Å².